The van der Waals surface area contributed by atoms with E-state index in [0.717, 1.165) is 47.2 Å². The number of anilines is 1. The monoisotopic (exact) mass is 526 g/mol. The Morgan fingerprint density at radius 2 is 1.85 bits per heavy atom. The third-order valence-corrected chi connectivity index (χ3v) is 7.62. The summed E-state index contributed by atoms with van der Waals surface area (Å²) in [6, 6.07) is 12.7. The van der Waals surface area contributed by atoms with Gasteiger partial charge >= 0.3 is 0 Å². The number of aliphatic hydroxyl groups excluding tert-OH is 1. The Bertz CT molecular complexity index is 1100. The second-order valence-electron chi connectivity index (χ2n) is 8.81. The van der Waals surface area contributed by atoms with Crippen LogP contribution < -0.4 is 4.90 Å². The first-order valence-electron chi connectivity index (χ1n) is 11.9. The number of carbonyl (C=O) groups excluding carboxylic acids is 2. The van der Waals surface area contributed by atoms with Crippen molar-refractivity contribution < 1.29 is 19.4 Å². The highest BCUT2D eigenvalue weighted by Crippen LogP contribution is 2.40. The number of amides is 1. The molecule has 2 fully saturated rings. The lowest BCUT2D eigenvalue weighted by Gasteiger charge is -2.28. The largest absolute Gasteiger partial charge is 0.507 e. The van der Waals surface area contributed by atoms with E-state index in [9.17, 15) is 14.7 Å². The van der Waals surface area contributed by atoms with Crippen LogP contribution in [0, 0.1) is 6.92 Å². The maximum Gasteiger partial charge on any atom is 0.295 e. The number of ether oxygens (including phenoxy) is 1. The van der Waals surface area contributed by atoms with Crippen LogP contribution in [-0.4, -0.2) is 54.0 Å². The van der Waals surface area contributed by atoms with Gasteiger partial charge in [0.05, 0.1) is 17.7 Å². The number of aryl methyl sites for hydroxylation is 1. The maximum absolute atomic E-state index is 13.2. The first kappa shape index (κ1) is 24.5. The summed E-state index contributed by atoms with van der Waals surface area (Å²) in [4.78, 5) is 30.2. The number of benzene rings is 2. The number of nitrogens with zero attached hydrogens (tertiary/aromatic N) is 2. The molecular weight excluding hydrogens is 496 g/mol. The van der Waals surface area contributed by atoms with Gasteiger partial charge < -0.3 is 19.6 Å². The predicted molar refractivity (Wildman–Crippen MR) is 137 cm³/mol. The first-order chi connectivity index (χ1) is 16.3. The van der Waals surface area contributed by atoms with Crippen molar-refractivity contribution in [3.05, 3.63) is 69.2 Å². The number of likely N-dealkylation sites (tertiary alicyclic amines) is 1. The molecule has 2 aromatic rings. The summed E-state index contributed by atoms with van der Waals surface area (Å²) in [5, 5.41) is 11.3. The lowest BCUT2D eigenvalue weighted by molar-refractivity contribution is -0.140. The van der Waals surface area contributed by atoms with Gasteiger partial charge in [-0.15, -0.1) is 0 Å². The van der Waals surface area contributed by atoms with E-state index < -0.39 is 17.7 Å². The number of Topliss-reactive ketones (excluding diaryl/α,β-unsaturated/α-hetero) is 1. The van der Waals surface area contributed by atoms with E-state index in [-0.39, 0.29) is 17.4 Å². The number of hydrogen-bond donors (Lipinski definition) is 1. The van der Waals surface area contributed by atoms with Crippen molar-refractivity contribution in [3.8, 4) is 0 Å². The predicted octanol–water partition coefficient (Wildman–Crippen LogP) is 5.20. The first-order valence-corrected chi connectivity index (χ1v) is 12.7. The summed E-state index contributed by atoms with van der Waals surface area (Å²) < 4.78 is 6.68. The molecule has 180 valence electrons. The minimum atomic E-state index is -0.668. The zero-order valence-corrected chi connectivity index (χ0v) is 21.5. The molecule has 0 aliphatic carbocycles. The zero-order chi connectivity index (χ0) is 24.4. The van der Waals surface area contributed by atoms with Crippen molar-refractivity contribution in [1.82, 2.24) is 4.90 Å². The highest BCUT2D eigenvalue weighted by atomic mass is 79.9. The molecule has 7 heteroatoms. The lowest BCUT2D eigenvalue weighted by atomic mass is 9.94. The van der Waals surface area contributed by atoms with Gasteiger partial charge in [0, 0.05) is 42.0 Å². The molecule has 2 aliphatic rings. The van der Waals surface area contributed by atoms with Crippen LogP contribution in [0.5, 0.6) is 0 Å². The molecule has 2 saturated heterocycles. The molecular formula is C27H31BrN2O4. The molecule has 0 aromatic heterocycles. The van der Waals surface area contributed by atoms with Crippen molar-refractivity contribution in [2.24, 2.45) is 0 Å². The zero-order valence-electron chi connectivity index (χ0n) is 19.9. The summed E-state index contributed by atoms with van der Waals surface area (Å²) in [6.45, 7) is 8.88. The van der Waals surface area contributed by atoms with Crippen molar-refractivity contribution in [2.75, 3.05) is 31.1 Å². The van der Waals surface area contributed by atoms with Gasteiger partial charge in [0.25, 0.3) is 11.7 Å². The second-order valence-corrected chi connectivity index (χ2v) is 9.67. The van der Waals surface area contributed by atoms with Gasteiger partial charge in [0.2, 0.25) is 0 Å². The fraction of sp³-hybridized carbons (Fsp3) is 0.407. The number of halogens is 1. The molecule has 2 aromatic carbocycles. The van der Waals surface area contributed by atoms with Crippen LogP contribution in [-0.2, 0) is 14.3 Å². The van der Waals surface area contributed by atoms with E-state index in [0.29, 0.717) is 18.7 Å². The van der Waals surface area contributed by atoms with Gasteiger partial charge in [0.1, 0.15) is 5.76 Å². The van der Waals surface area contributed by atoms with E-state index in [1.54, 1.807) is 11.0 Å². The van der Waals surface area contributed by atoms with Gasteiger partial charge in [-0.25, -0.2) is 0 Å². The van der Waals surface area contributed by atoms with E-state index in [4.69, 9.17) is 4.74 Å². The molecule has 2 heterocycles. The van der Waals surface area contributed by atoms with E-state index >= 15 is 0 Å². The summed E-state index contributed by atoms with van der Waals surface area (Å²) in [5.74, 6) is -1.40. The number of aliphatic hydroxyl groups is 1. The normalized spacial score (nSPS) is 21.9. The van der Waals surface area contributed by atoms with Crippen molar-refractivity contribution >= 4 is 39.1 Å². The van der Waals surface area contributed by atoms with Crippen LogP contribution in [0.25, 0.3) is 5.76 Å². The quantitative estimate of drug-likeness (QED) is 0.305. The smallest absolute Gasteiger partial charge is 0.295 e. The molecule has 1 N–H and O–H groups in total. The Labute approximate surface area is 209 Å². The summed E-state index contributed by atoms with van der Waals surface area (Å²) >= 11 is 3.48. The van der Waals surface area contributed by atoms with Gasteiger partial charge in [-0.1, -0.05) is 34.1 Å². The van der Waals surface area contributed by atoms with Crippen LogP contribution in [0.3, 0.4) is 0 Å². The molecule has 2 unspecified atom stereocenters. The lowest BCUT2D eigenvalue weighted by Crippen LogP contribution is -2.36. The number of rotatable bonds is 7. The average molecular weight is 527 g/mol. The van der Waals surface area contributed by atoms with Gasteiger partial charge in [-0.05, 0) is 69.0 Å². The van der Waals surface area contributed by atoms with Crippen LogP contribution in [0.1, 0.15) is 49.4 Å². The Balaban J connectivity index is 1.80. The Hall–Kier alpha value is -2.64. The topological polar surface area (TPSA) is 70.1 Å². The third kappa shape index (κ3) is 4.64. The second kappa shape index (κ2) is 10.3. The molecule has 0 saturated carbocycles. The fourth-order valence-corrected chi connectivity index (χ4v) is 5.07. The summed E-state index contributed by atoms with van der Waals surface area (Å²) in [6.07, 6.45) is 1.68. The van der Waals surface area contributed by atoms with Gasteiger partial charge in [-0.3, -0.25) is 9.59 Å². The highest BCUT2D eigenvalue weighted by Gasteiger charge is 2.47. The van der Waals surface area contributed by atoms with Gasteiger partial charge in [0.15, 0.2) is 0 Å². The molecule has 4 rings (SSSR count). The highest BCUT2D eigenvalue weighted by molar-refractivity contribution is 9.10. The molecule has 2 aliphatic heterocycles. The Morgan fingerprint density at radius 1 is 1.15 bits per heavy atom. The van der Waals surface area contributed by atoms with Crippen molar-refractivity contribution in [1.29, 1.82) is 0 Å². The number of ketones is 1. The van der Waals surface area contributed by atoms with Crippen LogP contribution in [0.4, 0.5) is 5.69 Å². The molecule has 6 nitrogen and oxygen atoms in total. The minimum Gasteiger partial charge on any atom is -0.507 e. The third-order valence-electron chi connectivity index (χ3n) is 6.73. The minimum absolute atomic E-state index is 0.106. The van der Waals surface area contributed by atoms with Crippen molar-refractivity contribution in [2.45, 2.75) is 45.8 Å². The standard InChI is InChI=1S/C27H31BrN2O4/c1-4-29(5-2)20-11-8-18(9-12-20)24-23(25(31)19-10-13-22(28)17(3)15-19)26(32)27(33)30(24)16-21-7-6-14-34-21/h8-13,15,21,24,31H,4-7,14,16H2,1-3H3/b25-23-. The average Bonchev–Trinajstić information content (AvgIpc) is 3.44. The molecule has 1 amide bonds. The Kier molecular flexibility index (Phi) is 7.43. The SMILES string of the molecule is CCN(CC)c1ccc(C2/C(=C(/O)c3ccc(Br)c(C)c3)C(=O)C(=O)N2CC2CCCO2)cc1. The van der Waals surface area contributed by atoms with Crippen molar-refractivity contribution in [3.63, 3.8) is 0 Å². The fourth-order valence-electron chi connectivity index (χ4n) is 4.83. The number of hydrogen-bond acceptors (Lipinski definition) is 5. The molecule has 0 spiro atoms. The van der Waals surface area contributed by atoms with E-state index in [1.165, 1.54) is 0 Å². The van der Waals surface area contributed by atoms with E-state index in [1.807, 2.05) is 43.3 Å². The van der Waals surface area contributed by atoms with Crippen LogP contribution in [0.2, 0.25) is 0 Å². The summed E-state index contributed by atoms with van der Waals surface area (Å²) in [7, 11) is 0. The van der Waals surface area contributed by atoms with E-state index in [2.05, 4.69) is 34.7 Å². The number of carbonyl (C=O) groups is 2. The van der Waals surface area contributed by atoms with Crippen LogP contribution >= 0.6 is 15.9 Å². The maximum atomic E-state index is 13.2. The summed E-state index contributed by atoms with van der Waals surface area (Å²) in [5.41, 5.74) is 3.44. The Morgan fingerprint density at radius 3 is 2.44 bits per heavy atom. The van der Waals surface area contributed by atoms with Crippen LogP contribution in [0.15, 0.2) is 52.5 Å². The molecule has 34 heavy (non-hydrogen) atoms. The molecule has 0 radical (unpaired) electrons. The molecule has 0 bridgehead atoms. The molecule has 2 atom stereocenters. The van der Waals surface area contributed by atoms with Gasteiger partial charge in [-0.2, -0.15) is 0 Å².